The van der Waals surface area contributed by atoms with Crippen LogP contribution in [0.3, 0.4) is 0 Å². The SMILES string of the molecule is CCc1nnc(NC(=O)Cn2c(-c3nonc3N)nc3ccccc32)s1. The summed E-state index contributed by atoms with van der Waals surface area (Å²) in [5, 5.41) is 19.4. The zero-order valence-electron chi connectivity index (χ0n) is 13.7. The van der Waals surface area contributed by atoms with E-state index in [1.165, 1.54) is 11.3 Å². The van der Waals surface area contributed by atoms with Gasteiger partial charge in [0.2, 0.25) is 11.0 Å². The summed E-state index contributed by atoms with van der Waals surface area (Å²) in [6, 6.07) is 7.43. The maximum atomic E-state index is 12.5. The van der Waals surface area contributed by atoms with E-state index < -0.39 is 0 Å². The molecule has 0 fully saturated rings. The third-order valence-electron chi connectivity index (χ3n) is 3.70. The lowest BCUT2D eigenvalue weighted by Gasteiger charge is -2.07. The van der Waals surface area contributed by atoms with Crippen LogP contribution in [-0.4, -0.2) is 36.0 Å². The first-order valence-electron chi connectivity index (χ1n) is 7.81. The number of hydrogen-bond donors (Lipinski definition) is 2. The van der Waals surface area contributed by atoms with Crippen molar-refractivity contribution in [2.75, 3.05) is 11.1 Å². The fourth-order valence-electron chi connectivity index (χ4n) is 2.52. The van der Waals surface area contributed by atoms with E-state index in [0.29, 0.717) is 16.5 Å². The molecule has 3 N–H and O–H groups in total. The molecule has 0 aliphatic heterocycles. The number of amides is 1. The molecule has 0 aliphatic rings. The van der Waals surface area contributed by atoms with E-state index >= 15 is 0 Å². The van der Waals surface area contributed by atoms with Crippen molar-refractivity contribution in [1.29, 1.82) is 0 Å². The van der Waals surface area contributed by atoms with E-state index in [0.717, 1.165) is 16.9 Å². The normalized spacial score (nSPS) is 11.1. The Bertz CT molecular complexity index is 1080. The highest BCUT2D eigenvalue weighted by Crippen LogP contribution is 2.26. The molecule has 0 atom stereocenters. The highest BCUT2D eigenvalue weighted by Gasteiger charge is 2.21. The summed E-state index contributed by atoms with van der Waals surface area (Å²) in [6.45, 7) is 1.98. The van der Waals surface area contributed by atoms with Gasteiger partial charge in [-0.3, -0.25) is 10.1 Å². The predicted octanol–water partition coefficient (Wildman–Crippen LogP) is 1.72. The van der Waals surface area contributed by atoms with Crippen molar-refractivity contribution in [3.05, 3.63) is 29.3 Å². The number of carbonyl (C=O) groups excluding carboxylic acids is 1. The molecule has 10 nitrogen and oxygen atoms in total. The zero-order chi connectivity index (χ0) is 18.1. The van der Waals surface area contributed by atoms with Crippen molar-refractivity contribution in [2.24, 2.45) is 0 Å². The number of carbonyl (C=O) groups is 1. The Morgan fingerprint density at radius 2 is 2.15 bits per heavy atom. The van der Waals surface area contributed by atoms with E-state index in [-0.39, 0.29) is 24.0 Å². The van der Waals surface area contributed by atoms with Crippen LogP contribution in [0.15, 0.2) is 28.9 Å². The molecule has 4 rings (SSSR count). The number of fused-ring (bicyclic) bond motifs is 1. The number of nitrogen functional groups attached to an aromatic ring is 1. The summed E-state index contributed by atoms with van der Waals surface area (Å²) in [5.74, 6) is 0.258. The number of aromatic nitrogens is 6. The number of rotatable bonds is 5. The van der Waals surface area contributed by atoms with Crippen molar-refractivity contribution in [3.8, 4) is 11.5 Å². The van der Waals surface area contributed by atoms with Crippen molar-refractivity contribution in [2.45, 2.75) is 19.9 Å². The first-order valence-corrected chi connectivity index (χ1v) is 8.63. The third-order valence-corrected chi connectivity index (χ3v) is 4.68. The molecule has 0 bridgehead atoms. The van der Waals surface area contributed by atoms with Gasteiger partial charge in [0.25, 0.3) is 0 Å². The molecule has 3 aromatic heterocycles. The van der Waals surface area contributed by atoms with Crippen LogP contribution in [0.2, 0.25) is 0 Å². The van der Waals surface area contributed by atoms with Gasteiger partial charge in [-0.1, -0.05) is 30.4 Å². The summed E-state index contributed by atoms with van der Waals surface area (Å²) in [4.78, 5) is 17.0. The largest absolute Gasteiger partial charge is 0.379 e. The van der Waals surface area contributed by atoms with Crippen LogP contribution >= 0.6 is 11.3 Å². The minimum absolute atomic E-state index is 0.00316. The van der Waals surface area contributed by atoms with Crippen molar-refractivity contribution < 1.29 is 9.42 Å². The van der Waals surface area contributed by atoms with Crippen LogP contribution in [0, 0.1) is 0 Å². The molecule has 0 saturated carbocycles. The van der Waals surface area contributed by atoms with Crippen molar-refractivity contribution in [3.63, 3.8) is 0 Å². The van der Waals surface area contributed by atoms with Gasteiger partial charge in [-0.2, -0.15) is 0 Å². The van der Waals surface area contributed by atoms with Gasteiger partial charge >= 0.3 is 0 Å². The second kappa shape index (κ2) is 6.52. The number of aryl methyl sites for hydroxylation is 1. The number of anilines is 2. The Labute approximate surface area is 151 Å². The second-order valence-corrected chi connectivity index (χ2v) is 6.47. The fourth-order valence-corrected chi connectivity index (χ4v) is 3.21. The maximum Gasteiger partial charge on any atom is 0.246 e. The summed E-state index contributed by atoms with van der Waals surface area (Å²) in [6.07, 6.45) is 0.766. The number of hydrogen-bond acceptors (Lipinski definition) is 9. The van der Waals surface area contributed by atoms with Gasteiger partial charge in [-0.05, 0) is 28.9 Å². The highest BCUT2D eigenvalue weighted by atomic mass is 32.1. The molecule has 4 aromatic rings. The Hall–Kier alpha value is -3.34. The average molecular weight is 370 g/mol. The van der Waals surface area contributed by atoms with Crippen LogP contribution in [0.5, 0.6) is 0 Å². The molecule has 0 aliphatic carbocycles. The molecular weight excluding hydrogens is 356 g/mol. The summed E-state index contributed by atoms with van der Waals surface area (Å²) >= 11 is 1.35. The van der Waals surface area contributed by atoms with E-state index in [1.807, 2.05) is 31.2 Å². The standard InChI is InChI=1S/C15H14N8O2S/c1-2-11-19-20-15(26-11)18-10(24)7-23-9-6-4-3-5-8(9)17-14(23)12-13(16)22-25-21-12/h3-6H,2,7H2,1H3,(H2,16,22)(H,18,20,24). The van der Waals surface area contributed by atoms with Crippen LogP contribution in [0.4, 0.5) is 10.9 Å². The monoisotopic (exact) mass is 370 g/mol. The molecule has 1 amide bonds. The molecule has 0 spiro atoms. The molecule has 26 heavy (non-hydrogen) atoms. The maximum absolute atomic E-state index is 12.5. The summed E-state index contributed by atoms with van der Waals surface area (Å²) in [5.41, 5.74) is 7.57. The van der Waals surface area contributed by atoms with Gasteiger partial charge in [0.15, 0.2) is 17.3 Å². The summed E-state index contributed by atoms with van der Waals surface area (Å²) in [7, 11) is 0. The lowest BCUT2D eigenvalue weighted by Crippen LogP contribution is -2.19. The Morgan fingerprint density at radius 3 is 2.88 bits per heavy atom. The smallest absolute Gasteiger partial charge is 0.246 e. The number of benzene rings is 1. The molecule has 11 heteroatoms. The summed E-state index contributed by atoms with van der Waals surface area (Å²) < 4.78 is 6.38. The van der Waals surface area contributed by atoms with Gasteiger partial charge in [0, 0.05) is 0 Å². The van der Waals surface area contributed by atoms with Crippen LogP contribution in [0.25, 0.3) is 22.6 Å². The lowest BCUT2D eigenvalue weighted by atomic mass is 10.3. The number of nitrogens with two attached hydrogens (primary N) is 1. The second-order valence-electron chi connectivity index (χ2n) is 5.41. The molecule has 0 unspecified atom stereocenters. The highest BCUT2D eigenvalue weighted by molar-refractivity contribution is 7.15. The lowest BCUT2D eigenvalue weighted by molar-refractivity contribution is -0.116. The van der Waals surface area contributed by atoms with Crippen molar-refractivity contribution >= 4 is 39.2 Å². The fraction of sp³-hybridized carbons (Fsp3) is 0.200. The average Bonchev–Trinajstić information content (AvgIpc) is 3.34. The minimum atomic E-state index is -0.261. The van der Waals surface area contributed by atoms with Gasteiger partial charge in [-0.15, -0.1) is 10.2 Å². The van der Waals surface area contributed by atoms with Gasteiger partial charge in [-0.25, -0.2) is 9.61 Å². The molecule has 0 saturated heterocycles. The number of nitrogens with zero attached hydrogens (tertiary/aromatic N) is 6. The van der Waals surface area contributed by atoms with Crippen molar-refractivity contribution in [1.82, 2.24) is 30.1 Å². The first kappa shape index (κ1) is 16.1. The topological polar surface area (TPSA) is 138 Å². The minimum Gasteiger partial charge on any atom is -0.379 e. The molecular formula is C15H14N8O2S. The van der Waals surface area contributed by atoms with Crippen LogP contribution < -0.4 is 11.1 Å². The van der Waals surface area contributed by atoms with E-state index in [9.17, 15) is 4.79 Å². The van der Waals surface area contributed by atoms with E-state index in [2.05, 4.69) is 35.4 Å². The van der Waals surface area contributed by atoms with E-state index in [1.54, 1.807) is 4.57 Å². The van der Waals surface area contributed by atoms with Crippen LogP contribution in [-0.2, 0) is 17.8 Å². The number of para-hydroxylation sites is 2. The molecule has 0 radical (unpaired) electrons. The molecule has 3 heterocycles. The van der Waals surface area contributed by atoms with Crippen LogP contribution in [0.1, 0.15) is 11.9 Å². The third kappa shape index (κ3) is 2.88. The predicted molar refractivity (Wildman–Crippen MR) is 95.4 cm³/mol. The molecule has 132 valence electrons. The number of imidazole rings is 1. The molecule has 1 aromatic carbocycles. The quantitative estimate of drug-likeness (QED) is 0.541. The first-order chi connectivity index (χ1) is 12.7. The zero-order valence-corrected chi connectivity index (χ0v) is 14.5. The van der Waals surface area contributed by atoms with E-state index in [4.69, 9.17) is 5.73 Å². The van der Waals surface area contributed by atoms with Gasteiger partial charge < -0.3 is 10.3 Å². The Kier molecular flexibility index (Phi) is 4.05. The Morgan fingerprint density at radius 1 is 1.31 bits per heavy atom. The number of nitrogens with one attached hydrogen (secondary N) is 1. The Balaban J connectivity index is 1.68. The van der Waals surface area contributed by atoms with Gasteiger partial charge in [0.1, 0.15) is 11.6 Å². The van der Waals surface area contributed by atoms with Gasteiger partial charge in [0.05, 0.1) is 11.0 Å².